The second-order valence-corrected chi connectivity index (χ2v) is 5.36. The molecular weight excluding hydrogens is 326 g/mol. The van der Waals surface area contributed by atoms with Crippen molar-refractivity contribution in [3.05, 3.63) is 64.8 Å². The molecule has 2 aromatic carbocycles. The number of nitrogens with zero attached hydrogens (tertiary/aromatic N) is 1. The predicted molar refractivity (Wildman–Crippen MR) is 95.1 cm³/mol. The minimum atomic E-state index is -0.527. The second-order valence-electron chi connectivity index (χ2n) is 4.93. The summed E-state index contributed by atoms with van der Waals surface area (Å²) in [6.45, 7) is 1.88. The number of methoxy groups -OCH3 is 1. The van der Waals surface area contributed by atoms with E-state index in [1.54, 1.807) is 42.5 Å². The number of nitriles is 1. The van der Waals surface area contributed by atoms with Gasteiger partial charge in [-0.25, -0.2) is 0 Å². The number of benzene rings is 2. The van der Waals surface area contributed by atoms with Crippen LogP contribution in [0.2, 0.25) is 5.02 Å². The lowest BCUT2D eigenvalue weighted by molar-refractivity contribution is -0.112. The number of nitrogens with one attached hydrogen (secondary N) is 2. The van der Waals surface area contributed by atoms with Crippen LogP contribution in [0.4, 0.5) is 11.4 Å². The summed E-state index contributed by atoms with van der Waals surface area (Å²) < 4.78 is 5.17. The summed E-state index contributed by atoms with van der Waals surface area (Å²) in [7, 11) is 1.51. The third kappa shape index (κ3) is 4.28. The van der Waals surface area contributed by atoms with Gasteiger partial charge in [-0.15, -0.1) is 0 Å². The lowest BCUT2D eigenvalue weighted by Crippen LogP contribution is -2.15. The summed E-state index contributed by atoms with van der Waals surface area (Å²) in [5.41, 5.74) is 2.10. The molecule has 2 rings (SSSR count). The first-order valence-corrected chi connectivity index (χ1v) is 7.50. The normalized spacial score (nSPS) is 10.7. The summed E-state index contributed by atoms with van der Waals surface area (Å²) in [5, 5.41) is 15.5. The van der Waals surface area contributed by atoms with Crippen LogP contribution in [-0.4, -0.2) is 13.0 Å². The topological polar surface area (TPSA) is 74.1 Å². The van der Waals surface area contributed by atoms with Crippen molar-refractivity contribution in [2.45, 2.75) is 6.92 Å². The minimum Gasteiger partial charge on any atom is -0.495 e. The highest BCUT2D eigenvalue weighted by atomic mass is 35.5. The van der Waals surface area contributed by atoms with Crippen LogP contribution in [0.15, 0.2) is 54.2 Å². The number of para-hydroxylation sites is 2. The quantitative estimate of drug-likeness (QED) is 0.634. The molecule has 0 atom stereocenters. The Balaban J connectivity index is 2.15. The Kier molecular flexibility index (Phi) is 5.83. The first kappa shape index (κ1) is 17.4. The first-order valence-electron chi connectivity index (χ1n) is 7.12. The Morgan fingerprint density at radius 1 is 1.25 bits per heavy atom. The highest BCUT2D eigenvalue weighted by Gasteiger charge is 2.12. The molecule has 2 N–H and O–H groups in total. The maximum atomic E-state index is 12.3. The predicted octanol–water partition coefficient (Wildman–Crippen LogP) is 4.12. The lowest BCUT2D eigenvalue weighted by Gasteiger charge is -2.10. The van der Waals surface area contributed by atoms with E-state index in [0.29, 0.717) is 16.5 Å². The number of aryl methyl sites for hydroxylation is 1. The van der Waals surface area contributed by atoms with Crippen LogP contribution in [0.1, 0.15) is 5.56 Å². The van der Waals surface area contributed by atoms with E-state index in [4.69, 9.17) is 16.3 Å². The van der Waals surface area contributed by atoms with Crippen molar-refractivity contribution in [3.8, 4) is 11.8 Å². The fourth-order valence-electron chi connectivity index (χ4n) is 2.03. The summed E-state index contributed by atoms with van der Waals surface area (Å²) >= 11 is 5.90. The fraction of sp³-hybridized carbons (Fsp3) is 0.111. The van der Waals surface area contributed by atoms with Crippen LogP contribution in [-0.2, 0) is 4.79 Å². The number of carbonyl (C=O) groups is 1. The molecule has 122 valence electrons. The molecule has 0 aliphatic heterocycles. The molecule has 0 radical (unpaired) electrons. The van der Waals surface area contributed by atoms with Gasteiger partial charge in [0.25, 0.3) is 5.91 Å². The highest BCUT2D eigenvalue weighted by molar-refractivity contribution is 6.30. The van der Waals surface area contributed by atoms with Crippen molar-refractivity contribution in [3.63, 3.8) is 0 Å². The molecule has 0 aliphatic carbocycles. The molecule has 1 amide bonds. The highest BCUT2D eigenvalue weighted by Crippen LogP contribution is 2.24. The van der Waals surface area contributed by atoms with Crippen LogP contribution in [0.3, 0.4) is 0 Å². The molecule has 0 saturated carbocycles. The number of halogens is 1. The van der Waals surface area contributed by atoms with Gasteiger partial charge in [-0.05, 0) is 42.8 Å². The third-order valence-electron chi connectivity index (χ3n) is 3.28. The van der Waals surface area contributed by atoms with E-state index in [1.807, 2.05) is 13.0 Å². The molecule has 0 unspecified atom stereocenters. The summed E-state index contributed by atoms with van der Waals surface area (Å²) in [5.74, 6) is -0.00855. The van der Waals surface area contributed by atoms with Crippen molar-refractivity contribution in [1.29, 1.82) is 5.26 Å². The molecule has 0 saturated heterocycles. The number of amides is 1. The monoisotopic (exact) mass is 341 g/mol. The number of anilines is 2. The van der Waals surface area contributed by atoms with Crippen molar-refractivity contribution >= 4 is 28.9 Å². The van der Waals surface area contributed by atoms with E-state index >= 15 is 0 Å². The zero-order valence-corrected chi connectivity index (χ0v) is 14.0. The molecule has 0 heterocycles. The Morgan fingerprint density at radius 2 is 2.00 bits per heavy atom. The van der Waals surface area contributed by atoms with Gasteiger partial charge in [0.1, 0.15) is 17.4 Å². The number of hydrogen-bond donors (Lipinski definition) is 2. The van der Waals surface area contributed by atoms with Crippen LogP contribution in [0.25, 0.3) is 0 Å². The SMILES string of the molecule is COc1ccccc1NC(=O)/C(C#N)=C\Nc1ccc(Cl)cc1C. The van der Waals surface area contributed by atoms with Gasteiger partial charge in [0, 0.05) is 16.9 Å². The lowest BCUT2D eigenvalue weighted by atomic mass is 10.2. The standard InChI is InChI=1S/C18H16ClN3O2/c1-12-9-14(19)7-8-15(12)21-11-13(10-20)18(23)22-16-5-3-4-6-17(16)24-2/h3-9,11,21H,1-2H3,(H,22,23)/b13-11-. The maximum absolute atomic E-state index is 12.3. The molecule has 0 fully saturated rings. The number of rotatable bonds is 5. The average Bonchev–Trinajstić information content (AvgIpc) is 2.57. The largest absolute Gasteiger partial charge is 0.495 e. The van der Waals surface area contributed by atoms with Gasteiger partial charge in [0.2, 0.25) is 0 Å². The summed E-state index contributed by atoms with van der Waals surface area (Å²) in [6, 6.07) is 14.2. The Bertz CT molecular complexity index is 825. The molecule has 0 aromatic heterocycles. The van der Waals surface area contributed by atoms with Gasteiger partial charge in [-0.2, -0.15) is 5.26 Å². The second kappa shape index (κ2) is 8.04. The molecule has 0 bridgehead atoms. The molecule has 5 nitrogen and oxygen atoms in total. The van der Waals surface area contributed by atoms with Crippen LogP contribution in [0, 0.1) is 18.3 Å². The van der Waals surface area contributed by atoms with Gasteiger partial charge in [0.15, 0.2) is 0 Å². The minimum absolute atomic E-state index is 0.0599. The van der Waals surface area contributed by atoms with Crippen LogP contribution >= 0.6 is 11.6 Å². The van der Waals surface area contributed by atoms with Gasteiger partial charge in [-0.3, -0.25) is 4.79 Å². The van der Waals surface area contributed by atoms with E-state index in [9.17, 15) is 10.1 Å². The molecule has 0 spiro atoms. The summed E-state index contributed by atoms with van der Waals surface area (Å²) in [6.07, 6.45) is 1.36. The molecule has 0 aliphatic rings. The molecule has 6 heteroatoms. The van der Waals surface area contributed by atoms with Crippen molar-refractivity contribution in [1.82, 2.24) is 0 Å². The van der Waals surface area contributed by atoms with E-state index in [1.165, 1.54) is 13.3 Å². The smallest absolute Gasteiger partial charge is 0.267 e. The molecular formula is C18H16ClN3O2. The van der Waals surface area contributed by atoms with E-state index in [-0.39, 0.29) is 5.57 Å². The Morgan fingerprint density at radius 3 is 2.67 bits per heavy atom. The Labute approximate surface area is 145 Å². The Hall–Kier alpha value is -2.97. The average molecular weight is 342 g/mol. The maximum Gasteiger partial charge on any atom is 0.267 e. The number of hydrogen-bond acceptors (Lipinski definition) is 4. The van der Waals surface area contributed by atoms with Crippen molar-refractivity contribution < 1.29 is 9.53 Å². The molecule has 2 aromatic rings. The zero-order chi connectivity index (χ0) is 17.5. The van der Waals surface area contributed by atoms with Crippen molar-refractivity contribution in [2.24, 2.45) is 0 Å². The third-order valence-corrected chi connectivity index (χ3v) is 3.52. The number of ether oxygens (including phenoxy) is 1. The van der Waals surface area contributed by atoms with Gasteiger partial charge >= 0.3 is 0 Å². The van der Waals surface area contributed by atoms with Crippen LogP contribution in [0.5, 0.6) is 5.75 Å². The number of carbonyl (C=O) groups excluding carboxylic acids is 1. The zero-order valence-electron chi connectivity index (χ0n) is 13.3. The van der Waals surface area contributed by atoms with Crippen LogP contribution < -0.4 is 15.4 Å². The first-order chi connectivity index (χ1) is 11.5. The van der Waals surface area contributed by atoms with Gasteiger partial charge in [-0.1, -0.05) is 23.7 Å². The molecule has 24 heavy (non-hydrogen) atoms. The van der Waals surface area contributed by atoms with Gasteiger partial charge < -0.3 is 15.4 Å². The van der Waals surface area contributed by atoms with E-state index < -0.39 is 5.91 Å². The summed E-state index contributed by atoms with van der Waals surface area (Å²) in [4.78, 5) is 12.3. The van der Waals surface area contributed by atoms with Gasteiger partial charge in [0.05, 0.1) is 12.8 Å². The van der Waals surface area contributed by atoms with Crippen molar-refractivity contribution in [2.75, 3.05) is 17.7 Å². The fourth-order valence-corrected chi connectivity index (χ4v) is 2.25. The van der Waals surface area contributed by atoms with E-state index in [2.05, 4.69) is 10.6 Å². The van der Waals surface area contributed by atoms with E-state index in [0.717, 1.165) is 11.3 Å².